The first-order valence-corrected chi connectivity index (χ1v) is 19.8. The van der Waals surface area contributed by atoms with Crippen LogP contribution in [0.3, 0.4) is 0 Å². The summed E-state index contributed by atoms with van der Waals surface area (Å²) < 4.78 is 26.7. The van der Waals surface area contributed by atoms with Gasteiger partial charge in [0.15, 0.2) is 8.32 Å². The Kier molecular flexibility index (Phi) is 11.4. The fourth-order valence-corrected chi connectivity index (χ4v) is 7.14. The zero-order chi connectivity index (χ0) is 35.6. The highest BCUT2D eigenvalue weighted by atomic mass is 35.5. The van der Waals surface area contributed by atoms with Crippen LogP contribution in [0.5, 0.6) is 0 Å². The topological polar surface area (TPSA) is 84.9 Å². The van der Waals surface area contributed by atoms with E-state index in [-0.39, 0.29) is 29.1 Å². The number of aromatic nitrogens is 2. The van der Waals surface area contributed by atoms with E-state index in [0.717, 1.165) is 29.5 Å². The van der Waals surface area contributed by atoms with Gasteiger partial charge in [0.1, 0.15) is 10.8 Å². The molecule has 11 heteroatoms. The van der Waals surface area contributed by atoms with E-state index in [1.807, 2.05) is 56.0 Å². The zero-order valence-electron chi connectivity index (χ0n) is 29.9. The molecule has 0 saturated carbocycles. The molecule has 4 rings (SSSR count). The van der Waals surface area contributed by atoms with Crippen molar-refractivity contribution in [2.75, 3.05) is 7.05 Å². The van der Waals surface area contributed by atoms with Crippen LogP contribution in [0.25, 0.3) is 0 Å². The molecule has 1 aromatic carbocycles. The van der Waals surface area contributed by atoms with Gasteiger partial charge in [0.25, 0.3) is 5.91 Å². The molecular weight excluding hydrogens is 647 g/mol. The Morgan fingerprint density at radius 3 is 2.25 bits per heavy atom. The third-order valence-corrected chi connectivity index (χ3v) is 14.0. The van der Waals surface area contributed by atoms with Crippen molar-refractivity contribution in [1.29, 1.82) is 0 Å². The van der Waals surface area contributed by atoms with Crippen LogP contribution in [0, 0.1) is 12.9 Å². The van der Waals surface area contributed by atoms with E-state index in [9.17, 15) is 14.0 Å². The minimum absolute atomic E-state index is 0.0536. The Balaban J connectivity index is 1.59. The van der Waals surface area contributed by atoms with Crippen molar-refractivity contribution in [3.63, 3.8) is 0 Å². The molecule has 0 bridgehead atoms. The van der Waals surface area contributed by atoms with Gasteiger partial charge in [0.05, 0.1) is 12.1 Å². The number of rotatable bonds is 9. The molecule has 8 nitrogen and oxygen atoms in total. The molecule has 1 fully saturated rings. The number of amides is 2. The highest BCUT2D eigenvalue weighted by Crippen LogP contribution is 2.44. The van der Waals surface area contributed by atoms with E-state index in [2.05, 4.69) is 43.8 Å². The number of nitrogens with zero attached hydrogens (tertiary/aromatic N) is 4. The Bertz CT molecular complexity index is 1590. The minimum Gasteiger partial charge on any atom is -0.444 e. The van der Waals surface area contributed by atoms with E-state index >= 15 is 0 Å². The molecule has 0 spiro atoms. The lowest BCUT2D eigenvalue weighted by atomic mass is 10.0. The number of likely N-dealkylation sites (tertiary alicyclic amines) is 1. The van der Waals surface area contributed by atoms with Gasteiger partial charge in [-0.3, -0.25) is 9.69 Å². The van der Waals surface area contributed by atoms with Gasteiger partial charge in [0.2, 0.25) is 5.95 Å². The van der Waals surface area contributed by atoms with Crippen molar-refractivity contribution in [3.05, 3.63) is 93.8 Å². The molecule has 1 aliphatic rings. The van der Waals surface area contributed by atoms with Crippen LogP contribution in [0.4, 0.5) is 9.18 Å². The fourth-order valence-electron chi connectivity index (χ4n) is 5.75. The van der Waals surface area contributed by atoms with Gasteiger partial charge in [-0.15, -0.1) is 0 Å². The summed E-state index contributed by atoms with van der Waals surface area (Å²) in [5.41, 5.74) is 2.94. The molecule has 0 N–H and O–H groups in total. The van der Waals surface area contributed by atoms with E-state index in [1.165, 1.54) is 6.20 Å². The molecule has 260 valence electrons. The summed E-state index contributed by atoms with van der Waals surface area (Å²) in [5, 5.41) is 0.343. The van der Waals surface area contributed by atoms with E-state index in [1.54, 1.807) is 37.2 Å². The van der Waals surface area contributed by atoms with Crippen molar-refractivity contribution < 1.29 is 23.1 Å². The van der Waals surface area contributed by atoms with Crippen molar-refractivity contribution >= 4 is 31.9 Å². The van der Waals surface area contributed by atoms with Gasteiger partial charge in [0, 0.05) is 48.7 Å². The highest BCUT2D eigenvalue weighted by Gasteiger charge is 2.47. The lowest BCUT2D eigenvalue weighted by molar-refractivity contribution is -0.00244. The minimum atomic E-state index is -2.29. The molecule has 1 saturated heterocycles. The average molecular weight is 697 g/mol. The van der Waals surface area contributed by atoms with Crippen molar-refractivity contribution in [1.82, 2.24) is 19.8 Å². The SMILES string of the molecule is Cc1cc(CN(C)C(=O)c2ccc(C[C@@H]3CC[C@H]([C@H](O[Si](C)(C)C(C)(C)C)c4ccc(Cl)nc4)N3C(=O)OC(C)(C)C)cc2)cnc1F. The van der Waals surface area contributed by atoms with Gasteiger partial charge in [-0.2, -0.15) is 4.39 Å². The molecule has 48 heavy (non-hydrogen) atoms. The second-order valence-corrected chi connectivity index (χ2v) is 20.6. The Labute approximate surface area is 291 Å². The molecule has 3 heterocycles. The second-order valence-electron chi connectivity index (χ2n) is 15.4. The summed E-state index contributed by atoms with van der Waals surface area (Å²) in [7, 11) is -0.579. The molecular formula is C37H50ClFN4O4Si. The summed E-state index contributed by atoms with van der Waals surface area (Å²) in [6.07, 6.45) is 4.49. The van der Waals surface area contributed by atoms with Gasteiger partial charge in [-0.25, -0.2) is 14.8 Å². The first-order valence-electron chi connectivity index (χ1n) is 16.5. The summed E-state index contributed by atoms with van der Waals surface area (Å²) in [4.78, 5) is 38.8. The number of hydrogen-bond acceptors (Lipinski definition) is 6. The first-order chi connectivity index (χ1) is 22.3. The van der Waals surface area contributed by atoms with E-state index in [0.29, 0.717) is 29.2 Å². The molecule has 3 atom stereocenters. The normalized spacial score (nSPS) is 17.7. The van der Waals surface area contributed by atoms with Crippen LogP contribution in [-0.2, 0) is 22.1 Å². The number of benzene rings is 1. The predicted octanol–water partition coefficient (Wildman–Crippen LogP) is 8.92. The van der Waals surface area contributed by atoms with Crippen LogP contribution in [0.15, 0.2) is 54.9 Å². The van der Waals surface area contributed by atoms with Crippen LogP contribution in [-0.4, -0.2) is 64.8 Å². The van der Waals surface area contributed by atoms with Gasteiger partial charge in [-0.1, -0.05) is 50.6 Å². The maximum atomic E-state index is 14.0. The Hall–Kier alpha value is -3.34. The summed E-state index contributed by atoms with van der Waals surface area (Å²) in [6.45, 7) is 18.6. The van der Waals surface area contributed by atoms with E-state index in [4.69, 9.17) is 20.8 Å². The van der Waals surface area contributed by atoms with E-state index < -0.39 is 26.0 Å². The Morgan fingerprint density at radius 2 is 1.69 bits per heavy atom. The monoisotopic (exact) mass is 696 g/mol. The highest BCUT2D eigenvalue weighted by molar-refractivity contribution is 6.74. The van der Waals surface area contributed by atoms with Gasteiger partial charge >= 0.3 is 6.09 Å². The quantitative estimate of drug-likeness (QED) is 0.164. The van der Waals surface area contributed by atoms with Crippen molar-refractivity contribution in [2.45, 2.75) is 116 Å². The summed E-state index contributed by atoms with van der Waals surface area (Å²) in [6, 6.07) is 12.5. The number of pyridine rings is 2. The molecule has 0 radical (unpaired) electrons. The molecule has 0 aliphatic carbocycles. The second kappa shape index (κ2) is 14.6. The standard InChI is InChI=1S/C37H50ClFN4O4Si/c1-24-19-26(21-41-33(24)39)23-42(8)34(44)27-13-11-25(12-14-27)20-29-16-17-30(43(29)35(45)46-36(2,3)4)32(28-15-18-31(38)40-22-28)47-48(9,10)37(5,6)7/h11-15,18-19,21-22,29-30,32H,16-17,20,23H2,1-10H3/t29-,30+,32+/m0/s1. The summed E-state index contributed by atoms with van der Waals surface area (Å²) in [5.74, 6) is -0.662. The molecule has 0 unspecified atom stereocenters. The molecule has 3 aromatic rings. The van der Waals surface area contributed by atoms with Gasteiger partial charge < -0.3 is 14.1 Å². The predicted molar refractivity (Wildman–Crippen MR) is 190 cm³/mol. The van der Waals surface area contributed by atoms with Crippen LogP contribution >= 0.6 is 11.6 Å². The molecule has 2 amide bonds. The third-order valence-electron chi connectivity index (χ3n) is 9.32. The van der Waals surface area contributed by atoms with Crippen LogP contribution < -0.4 is 0 Å². The van der Waals surface area contributed by atoms with Crippen molar-refractivity contribution in [3.8, 4) is 0 Å². The lowest BCUT2D eigenvalue weighted by Crippen LogP contribution is -2.50. The number of halogens is 2. The molecule has 2 aromatic heterocycles. The number of carbonyl (C=O) groups is 2. The summed E-state index contributed by atoms with van der Waals surface area (Å²) >= 11 is 6.18. The zero-order valence-corrected chi connectivity index (χ0v) is 31.7. The van der Waals surface area contributed by atoms with Crippen LogP contribution in [0.2, 0.25) is 23.3 Å². The lowest BCUT2D eigenvalue weighted by Gasteiger charge is -2.43. The number of ether oxygens (including phenoxy) is 1. The Morgan fingerprint density at radius 1 is 1.02 bits per heavy atom. The number of aryl methyl sites for hydroxylation is 1. The number of hydrogen-bond donors (Lipinski definition) is 0. The third kappa shape index (κ3) is 9.21. The van der Waals surface area contributed by atoms with Crippen molar-refractivity contribution in [2.24, 2.45) is 0 Å². The van der Waals surface area contributed by atoms with Crippen LogP contribution in [0.1, 0.15) is 93.1 Å². The largest absolute Gasteiger partial charge is 0.444 e. The number of carbonyl (C=O) groups excluding carboxylic acids is 2. The van der Waals surface area contributed by atoms with Gasteiger partial charge in [-0.05, 0) is 100 Å². The fraction of sp³-hybridized carbons (Fsp3) is 0.514. The smallest absolute Gasteiger partial charge is 0.410 e. The maximum Gasteiger partial charge on any atom is 0.410 e. The first kappa shape index (κ1) is 37.5. The molecule has 1 aliphatic heterocycles. The average Bonchev–Trinajstić information content (AvgIpc) is 3.40. The maximum absolute atomic E-state index is 14.0.